The topological polar surface area (TPSA) is 99.1 Å². The number of unbranched alkanes of at least 4 members (excludes halogenated alkanes) is 24. The molecule has 0 aliphatic heterocycles. The molecular weight excluding hydrogens is 703 g/mol. The molecule has 0 aromatic carbocycles. The monoisotopic (exact) mass is 793 g/mol. The van der Waals surface area contributed by atoms with Crippen LogP contribution >= 0.6 is 0 Å². The van der Waals surface area contributed by atoms with Crippen LogP contribution in [0.3, 0.4) is 0 Å². The van der Waals surface area contributed by atoms with Gasteiger partial charge in [-0.1, -0.05) is 186 Å². The van der Waals surface area contributed by atoms with Crippen molar-refractivity contribution in [3.8, 4) is 0 Å². The number of quaternary nitrogens is 1. The van der Waals surface area contributed by atoms with Crippen molar-refractivity contribution in [2.45, 2.75) is 225 Å². The Bertz CT molecular complexity index is 973. The molecule has 8 heteroatoms. The molecule has 0 fully saturated rings. The van der Waals surface area contributed by atoms with Crippen LogP contribution in [0.25, 0.3) is 0 Å². The van der Waals surface area contributed by atoms with Gasteiger partial charge in [-0.2, -0.15) is 0 Å². The second-order valence-corrected chi connectivity index (χ2v) is 17.0. The van der Waals surface area contributed by atoms with E-state index in [2.05, 4.69) is 32.1 Å². The lowest BCUT2D eigenvalue weighted by Gasteiger charge is -2.31. The molecule has 0 aromatic heterocycles. The average molecular weight is 793 g/mol. The minimum absolute atomic E-state index is 0.0483. The Balaban J connectivity index is 4.31. The van der Waals surface area contributed by atoms with Gasteiger partial charge in [0, 0.05) is 19.3 Å². The number of aliphatic carboxylic acids is 1. The van der Waals surface area contributed by atoms with Crippen LogP contribution in [0.1, 0.15) is 213 Å². The Kier molecular flexibility index (Phi) is 38.1. The normalized spacial score (nSPS) is 13.1. The number of carboxylic acids is 1. The summed E-state index contributed by atoms with van der Waals surface area (Å²) in [6.07, 6.45) is 43.8. The van der Waals surface area contributed by atoms with Gasteiger partial charge in [-0.15, -0.1) is 0 Å². The summed E-state index contributed by atoms with van der Waals surface area (Å²) in [5.74, 6) is -1.54. The first-order valence-electron chi connectivity index (χ1n) is 23.4. The Labute approximate surface area is 345 Å². The van der Waals surface area contributed by atoms with Gasteiger partial charge >= 0.3 is 17.9 Å². The van der Waals surface area contributed by atoms with Crippen molar-refractivity contribution in [1.29, 1.82) is 0 Å². The molecule has 8 nitrogen and oxygen atoms in total. The lowest BCUT2D eigenvalue weighted by molar-refractivity contribution is -0.887. The third-order valence-corrected chi connectivity index (χ3v) is 10.6. The van der Waals surface area contributed by atoms with Crippen molar-refractivity contribution in [2.24, 2.45) is 0 Å². The number of nitrogens with zero attached hydrogens (tertiary/aromatic N) is 1. The highest BCUT2D eigenvalue weighted by Crippen LogP contribution is 2.16. The maximum Gasteiger partial charge on any atom is 0.362 e. The summed E-state index contributed by atoms with van der Waals surface area (Å²) in [5.41, 5.74) is 0. The number of carboxylic acid groups (broad SMARTS) is 1. The summed E-state index contributed by atoms with van der Waals surface area (Å²) in [7, 11) is 5.52. The van der Waals surface area contributed by atoms with Crippen LogP contribution in [0.5, 0.6) is 0 Å². The van der Waals surface area contributed by atoms with Crippen LogP contribution in [0.2, 0.25) is 0 Å². The molecule has 0 aromatic rings. The first-order valence-corrected chi connectivity index (χ1v) is 23.4. The van der Waals surface area contributed by atoms with E-state index in [1.54, 1.807) is 0 Å². The maximum absolute atomic E-state index is 12.7. The molecule has 56 heavy (non-hydrogen) atoms. The smallest absolute Gasteiger partial charge is 0.362 e. The van der Waals surface area contributed by atoms with Gasteiger partial charge < -0.3 is 23.8 Å². The molecule has 0 aliphatic rings. The zero-order valence-electron chi connectivity index (χ0n) is 37.3. The number of ether oxygens (including phenoxy) is 3. The van der Waals surface area contributed by atoms with Crippen molar-refractivity contribution in [1.82, 2.24) is 0 Å². The summed E-state index contributed by atoms with van der Waals surface area (Å²) >= 11 is 0. The van der Waals surface area contributed by atoms with E-state index in [4.69, 9.17) is 14.2 Å². The van der Waals surface area contributed by atoms with Crippen LogP contribution in [-0.4, -0.2) is 80.6 Å². The number of hydrogen-bond acceptors (Lipinski definition) is 6. The maximum atomic E-state index is 12.7. The highest BCUT2D eigenvalue weighted by Gasteiger charge is 2.31. The Morgan fingerprint density at radius 3 is 1.45 bits per heavy atom. The van der Waals surface area contributed by atoms with E-state index >= 15 is 0 Å². The summed E-state index contributed by atoms with van der Waals surface area (Å²) < 4.78 is 17.2. The highest BCUT2D eigenvalue weighted by molar-refractivity contribution is 5.72. The van der Waals surface area contributed by atoms with Crippen molar-refractivity contribution < 1.29 is 38.2 Å². The van der Waals surface area contributed by atoms with Gasteiger partial charge in [0.05, 0.1) is 34.4 Å². The van der Waals surface area contributed by atoms with E-state index in [1.807, 2.05) is 27.2 Å². The number of hydrogen-bond donors (Lipinski definition) is 1. The molecule has 1 N–H and O–H groups in total. The molecule has 2 unspecified atom stereocenters. The summed E-state index contributed by atoms with van der Waals surface area (Å²) in [5, 5.41) is 9.62. The standard InChI is InChI=1S/C48H89NO7/c1-6-8-10-12-14-16-18-20-21-22-23-24-25-27-29-31-33-35-37-39-47(51)56-44(42-54-41-40-45(48(52)53)49(3,4)5)43-55-46(50)38-36-34-32-30-28-26-19-17-15-13-11-9-7-2/h26,28,32,34,44-45H,6-25,27,29-31,33,35-43H2,1-5H3/p+1/b28-26+,34-32+. The van der Waals surface area contributed by atoms with Crippen molar-refractivity contribution in [3.05, 3.63) is 24.3 Å². The van der Waals surface area contributed by atoms with Crippen LogP contribution in [0.15, 0.2) is 24.3 Å². The van der Waals surface area contributed by atoms with Gasteiger partial charge in [0.1, 0.15) is 6.61 Å². The van der Waals surface area contributed by atoms with E-state index in [-0.39, 0.29) is 42.7 Å². The first-order chi connectivity index (χ1) is 27.1. The largest absolute Gasteiger partial charge is 0.477 e. The van der Waals surface area contributed by atoms with Gasteiger partial charge in [-0.3, -0.25) is 9.59 Å². The van der Waals surface area contributed by atoms with Crippen LogP contribution in [-0.2, 0) is 28.6 Å². The minimum Gasteiger partial charge on any atom is -0.477 e. The predicted molar refractivity (Wildman–Crippen MR) is 234 cm³/mol. The Hall–Kier alpha value is -2.19. The molecule has 2 atom stereocenters. The SMILES string of the molecule is CCCCCCCC/C=C/C/C=C/CCC(=O)OCC(COCCC(C(=O)O)[N+](C)(C)C)OC(=O)CCCCCCCCCCCCCCCCCCCCC. The number of rotatable bonds is 42. The molecule has 0 saturated heterocycles. The highest BCUT2D eigenvalue weighted by atomic mass is 16.6. The third kappa shape index (κ3) is 37.4. The third-order valence-electron chi connectivity index (χ3n) is 10.6. The molecule has 0 heterocycles. The molecular formula is C48H90NO7+. The van der Waals surface area contributed by atoms with E-state index in [9.17, 15) is 19.5 Å². The predicted octanol–water partition coefficient (Wildman–Crippen LogP) is 12.9. The summed E-state index contributed by atoms with van der Waals surface area (Å²) in [6.45, 7) is 4.69. The number of carbonyl (C=O) groups is 3. The fourth-order valence-corrected chi connectivity index (χ4v) is 6.97. The lowest BCUT2D eigenvalue weighted by atomic mass is 10.0. The zero-order valence-corrected chi connectivity index (χ0v) is 37.3. The van der Waals surface area contributed by atoms with Gasteiger partial charge in [-0.05, 0) is 32.1 Å². The van der Waals surface area contributed by atoms with Gasteiger partial charge in [-0.25, -0.2) is 4.79 Å². The van der Waals surface area contributed by atoms with Crippen molar-refractivity contribution in [2.75, 3.05) is 41.0 Å². The number of carbonyl (C=O) groups excluding carboxylic acids is 2. The average Bonchev–Trinajstić information content (AvgIpc) is 3.15. The second kappa shape index (κ2) is 39.6. The van der Waals surface area contributed by atoms with Crippen molar-refractivity contribution in [3.63, 3.8) is 0 Å². The Morgan fingerprint density at radius 2 is 0.982 bits per heavy atom. The van der Waals surface area contributed by atoms with Crippen LogP contribution in [0, 0.1) is 0 Å². The van der Waals surface area contributed by atoms with E-state index in [0.717, 1.165) is 32.1 Å². The van der Waals surface area contributed by atoms with Gasteiger partial charge in [0.2, 0.25) is 0 Å². The molecule has 0 saturated carbocycles. The fraction of sp³-hybridized carbons (Fsp3) is 0.854. The fourth-order valence-electron chi connectivity index (χ4n) is 6.97. The van der Waals surface area contributed by atoms with Crippen molar-refractivity contribution >= 4 is 17.9 Å². The number of allylic oxidation sites excluding steroid dienone is 4. The van der Waals surface area contributed by atoms with E-state index in [1.165, 1.54) is 141 Å². The minimum atomic E-state index is -0.879. The van der Waals surface area contributed by atoms with Crippen LogP contribution in [0.4, 0.5) is 0 Å². The number of esters is 2. The molecule has 328 valence electrons. The second-order valence-electron chi connectivity index (χ2n) is 17.0. The molecule has 0 radical (unpaired) electrons. The Morgan fingerprint density at radius 1 is 0.536 bits per heavy atom. The summed E-state index contributed by atoms with van der Waals surface area (Å²) in [4.78, 5) is 37.0. The van der Waals surface area contributed by atoms with Gasteiger partial charge in [0.25, 0.3) is 0 Å². The van der Waals surface area contributed by atoms with Gasteiger partial charge in [0.15, 0.2) is 12.1 Å². The molecule has 0 amide bonds. The lowest BCUT2D eigenvalue weighted by Crippen LogP contribution is -2.50. The van der Waals surface area contributed by atoms with E-state index in [0.29, 0.717) is 19.3 Å². The van der Waals surface area contributed by atoms with E-state index < -0.39 is 18.1 Å². The molecule has 0 rings (SSSR count). The molecule has 0 spiro atoms. The first kappa shape index (κ1) is 53.8. The molecule has 0 bridgehead atoms. The molecule has 0 aliphatic carbocycles. The zero-order chi connectivity index (χ0) is 41.4. The summed E-state index contributed by atoms with van der Waals surface area (Å²) in [6, 6.07) is -0.618. The van der Waals surface area contributed by atoms with Crippen LogP contribution < -0.4 is 0 Å². The number of likely N-dealkylation sites (N-methyl/N-ethyl adjacent to an activating group) is 1. The quantitative estimate of drug-likeness (QED) is 0.0284.